The quantitative estimate of drug-likeness (QED) is 0.407. The molecule has 1 aliphatic carbocycles. The second-order valence-corrected chi connectivity index (χ2v) is 6.56. The molecule has 4 nitrogen and oxygen atoms in total. The van der Waals surface area contributed by atoms with Crippen molar-refractivity contribution in [2.24, 2.45) is 4.99 Å². The van der Waals surface area contributed by atoms with Crippen molar-refractivity contribution < 1.29 is 14.4 Å². The number of isocyanates is 1. The monoisotopic (exact) mass is 353 g/mol. The molecule has 4 heteroatoms. The van der Waals surface area contributed by atoms with Gasteiger partial charge < -0.3 is 0 Å². The summed E-state index contributed by atoms with van der Waals surface area (Å²) in [5.74, 6) is -0.509. The van der Waals surface area contributed by atoms with Crippen molar-refractivity contribution in [3.63, 3.8) is 0 Å². The van der Waals surface area contributed by atoms with Gasteiger partial charge in [-0.2, -0.15) is 4.99 Å². The Balaban J connectivity index is 1.93. The number of carbonyl (C=O) groups excluding carboxylic acids is 3. The molecule has 3 aromatic carbocycles. The lowest BCUT2D eigenvalue weighted by molar-refractivity contribution is 0.0979. The van der Waals surface area contributed by atoms with Crippen molar-refractivity contribution in [2.75, 3.05) is 0 Å². The molecule has 4 rings (SSSR count). The Bertz CT molecular complexity index is 1140. The molecule has 0 saturated carbocycles. The summed E-state index contributed by atoms with van der Waals surface area (Å²) in [4.78, 5) is 40.7. The number of hydrogen-bond acceptors (Lipinski definition) is 4. The molecule has 0 bridgehead atoms. The number of aryl methyl sites for hydroxylation is 1. The van der Waals surface area contributed by atoms with Crippen LogP contribution in [0.3, 0.4) is 0 Å². The molecule has 0 radical (unpaired) electrons. The number of aliphatic imine (C=N–C) groups is 1. The molecule has 1 aliphatic rings. The van der Waals surface area contributed by atoms with Gasteiger partial charge in [0.05, 0.1) is 11.3 Å². The first-order valence-corrected chi connectivity index (χ1v) is 8.58. The number of carbonyl (C=O) groups is 2. The van der Waals surface area contributed by atoms with Crippen molar-refractivity contribution in [3.05, 3.63) is 99.6 Å². The predicted molar refractivity (Wildman–Crippen MR) is 102 cm³/mol. The van der Waals surface area contributed by atoms with E-state index in [1.807, 2.05) is 31.2 Å². The maximum Gasteiger partial charge on any atom is 0.240 e. The zero-order valence-electron chi connectivity index (χ0n) is 14.7. The van der Waals surface area contributed by atoms with Gasteiger partial charge >= 0.3 is 0 Å². The Hall–Kier alpha value is -3.62. The van der Waals surface area contributed by atoms with Gasteiger partial charge in [0.1, 0.15) is 0 Å². The fourth-order valence-electron chi connectivity index (χ4n) is 3.49. The van der Waals surface area contributed by atoms with Gasteiger partial charge in [0, 0.05) is 16.7 Å². The van der Waals surface area contributed by atoms with Crippen molar-refractivity contribution in [1.82, 2.24) is 0 Å². The molecule has 27 heavy (non-hydrogen) atoms. The van der Waals surface area contributed by atoms with Gasteiger partial charge in [-0.1, -0.05) is 60.2 Å². The molecule has 0 spiro atoms. The molecule has 3 aromatic rings. The molecular weight excluding hydrogens is 338 g/mol. The molecule has 0 unspecified atom stereocenters. The first-order chi connectivity index (χ1) is 13.1. The lowest BCUT2D eigenvalue weighted by Crippen LogP contribution is -2.23. The Morgan fingerprint density at radius 1 is 0.815 bits per heavy atom. The lowest BCUT2D eigenvalue weighted by atomic mass is 9.80. The van der Waals surface area contributed by atoms with E-state index >= 15 is 0 Å². The number of hydrogen-bond donors (Lipinski definition) is 0. The summed E-state index contributed by atoms with van der Waals surface area (Å²) in [6.45, 7) is 2.01. The average molecular weight is 353 g/mol. The molecule has 0 N–H and O–H groups in total. The van der Waals surface area contributed by atoms with E-state index in [0.29, 0.717) is 23.1 Å². The maximum absolute atomic E-state index is 13.2. The fourth-order valence-corrected chi connectivity index (χ4v) is 3.49. The molecule has 0 aromatic heterocycles. The highest BCUT2D eigenvalue weighted by Crippen LogP contribution is 2.36. The second kappa shape index (κ2) is 6.60. The van der Waals surface area contributed by atoms with Crippen LogP contribution in [0.4, 0.5) is 5.69 Å². The number of fused-ring (bicyclic) bond motifs is 2. The zero-order chi connectivity index (χ0) is 19.0. The van der Waals surface area contributed by atoms with Gasteiger partial charge in [-0.05, 0) is 30.5 Å². The van der Waals surface area contributed by atoms with Gasteiger partial charge in [0.15, 0.2) is 11.6 Å². The molecule has 0 saturated heterocycles. The van der Waals surface area contributed by atoms with Crippen molar-refractivity contribution in [3.8, 4) is 0 Å². The highest BCUT2D eigenvalue weighted by atomic mass is 16.1. The predicted octanol–water partition coefficient (Wildman–Crippen LogP) is 4.33. The topological polar surface area (TPSA) is 63.6 Å². The Morgan fingerprint density at radius 2 is 1.44 bits per heavy atom. The highest BCUT2D eigenvalue weighted by Gasteiger charge is 2.33. The van der Waals surface area contributed by atoms with Gasteiger partial charge in [0.2, 0.25) is 6.08 Å². The molecule has 0 amide bonds. The van der Waals surface area contributed by atoms with E-state index < -0.39 is 0 Å². The molecule has 0 atom stereocenters. The minimum atomic E-state index is -0.292. The van der Waals surface area contributed by atoms with Crippen molar-refractivity contribution in [1.29, 1.82) is 0 Å². The molecule has 0 aliphatic heterocycles. The van der Waals surface area contributed by atoms with Crippen molar-refractivity contribution >= 4 is 23.3 Å². The Labute approximate surface area is 156 Å². The third-order valence-electron chi connectivity index (χ3n) is 4.82. The van der Waals surface area contributed by atoms with Crippen LogP contribution in [0.2, 0.25) is 0 Å². The Morgan fingerprint density at radius 3 is 2.07 bits per heavy atom. The third-order valence-corrected chi connectivity index (χ3v) is 4.82. The summed E-state index contributed by atoms with van der Waals surface area (Å²) in [6.07, 6.45) is 1.99. The average Bonchev–Trinajstić information content (AvgIpc) is 2.69. The van der Waals surface area contributed by atoms with E-state index in [1.54, 1.807) is 36.4 Å². The van der Waals surface area contributed by atoms with E-state index in [0.717, 1.165) is 16.7 Å². The number of nitrogens with zero attached hydrogens (tertiary/aromatic N) is 1. The van der Waals surface area contributed by atoms with Crippen molar-refractivity contribution in [2.45, 2.75) is 13.3 Å². The minimum Gasteiger partial charge on any atom is -0.289 e. The van der Waals surface area contributed by atoms with E-state index in [-0.39, 0.29) is 22.8 Å². The SMILES string of the molecule is Cc1ccc(Cc2ccc(N=C=O)c3c2C(=O)c2ccccc2C3=O)cc1. The summed E-state index contributed by atoms with van der Waals surface area (Å²) in [5.41, 5.74) is 4.34. The minimum absolute atomic E-state index is 0.181. The summed E-state index contributed by atoms with van der Waals surface area (Å²) in [6, 6.07) is 18.1. The summed E-state index contributed by atoms with van der Waals surface area (Å²) < 4.78 is 0. The van der Waals surface area contributed by atoms with Gasteiger partial charge in [-0.25, -0.2) is 4.79 Å². The standard InChI is InChI=1S/C23H15NO3/c1-14-6-8-15(9-7-14)12-16-10-11-19(24-13-25)21-20(16)22(26)17-4-2-3-5-18(17)23(21)27/h2-11H,12H2,1H3. The van der Waals surface area contributed by atoms with Crippen LogP contribution in [0.25, 0.3) is 0 Å². The summed E-state index contributed by atoms with van der Waals surface area (Å²) in [7, 11) is 0. The van der Waals surface area contributed by atoms with Gasteiger partial charge in [-0.15, -0.1) is 0 Å². The number of ketones is 2. The van der Waals surface area contributed by atoms with Crippen LogP contribution >= 0.6 is 0 Å². The fraction of sp³-hybridized carbons (Fsp3) is 0.0870. The first-order valence-electron chi connectivity index (χ1n) is 8.58. The molecule has 130 valence electrons. The van der Waals surface area contributed by atoms with Crippen LogP contribution in [-0.4, -0.2) is 17.6 Å². The number of benzene rings is 3. The highest BCUT2D eigenvalue weighted by molar-refractivity contribution is 6.30. The van der Waals surface area contributed by atoms with E-state index in [4.69, 9.17) is 0 Å². The Kier molecular flexibility index (Phi) is 4.11. The van der Waals surface area contributed by atoms with E-state index in [1.165, 1.54) is 6.08 Å². The largest absolute Gasteiger partial charge is 0.289 e. The van der Waals surface area contributed by atoms with Crippen LogP contribution < -0.4 is 0 Å². The maximum atomic E-state index is 13.2. The van der Waals surface area contributed by atoms with Gasteiger partial charge in [0.25, 0.3) is 0 Å². The molecule has 0 fully saturated rings. The summed E-state index contributed by atoms with van der Waals surface area (Å²) in [5, 5.41) is 0. The second-order valence-electron chi connectivity index (χ2n) is 6.56. The zero-order valence-corrected chi connectivity index (χ0v) is 14.7. The number of rotatable bonds is 3. The molecule has 0 heterocycles. The first kappa shape index (κ1) is 16.8. The van der Waals surface area contributed by atoms with E-state index in [2.05, 4.69) is 4.99 Å². The third kappa shape index (κ3) is 2.82. The van der Waals surface area contributed by atoms with Crippen LogP contribution in [0.15, 0.2) is 65.7 Å². The molecular formula is C23H15NO3. The van der Waals surface area contributed by atoms with Crippen LogP contribution in [-0.2, 0) is 11.2 Å². The van der Waals surface area contributed by atoms with Crippen LogP contribution in [0.5, 0.6) is 0 Å². The van der Waals surface area contributed by atoms with E-state index in [9.17, 15) is 14.4 Å². The van der Waals surface area contributed by atoms with Gasteiger partial charge in [-0.3, -0.25) is 9.59 Å². The normalized spacial score (nSPS) is 12.2. The lowest BCUT2D eigenvalue weighted by Gasteiger charge is -2.21. The van der Waals surface area contributed by atoms with Crippen LogP contribution in [0.1, 0.15) is 48.5 Å². The summed E-state index contributed by atoms with van der Waals surface area (Å²) >= 11 is 0. The van der Waals surface area contributed by atoms with Crippen LogP contribution in [0, 0.1) is 6.92 Å². The smallest absolute Gasteiger partial charge is 0.240 e.